The molecule has 0 amide bonds. The van der Waals surface area contributed by atoms with Gasteiger partial charge in [0.1, 0.15) is 111 Å². The van der Waals surface area contributed by atoms with E-state index in [1.54, 1.807) is 0 Å². The molecule has 0 aromatic carbocycles. The maximum atomic E-state index is 14.9. The van der Waals surface area contributed by atoms with Gasteiger partial charge in [0.2, 0.25) is 0 Å². The molecule has 6 heterocycles. The van der Waals surface area contributed by atoms with E-state index in [-0.39, 0.29) is 70.1 Å². The second-order valence-corrected chi connectivity index (χ2v) is 26.2. The van der Waals surface area contributed by atoms with Gasteiger partial charge in [0.05, 0.1) is 80.0 Å². The van der Waals surface area contributed by atoms with Gasteiger partial charge < -0.3 is 154 Å². The minimum atomic E-state index is -2.30. The number of hydrogen-bond acceptors (Lipinski definition) is 33. The summed E-state index contributed by atoms with van der Waals surface area (Å²) in [5, 5.41) is 204. The Morgan fingerprint density at radius 3 is 1.74 bits per heavy atom. The molecule has 0 radical (unpaired) electrons. The molecule has 10 aliphatic rings. The quantitative estimate of drug-likeness (QED) is 0.0344. The van der Waals surface area contributed by atoms with E-state index in [9.17, 15) is 116 Å². The van der Waals surface area contributed by atoms with Gasteiger partial charge in [-0.05, 0) is 57.3 Å². The Morgan fingerprint density at radius 2 is 1.09 bits per heavy atom. The van der Waals surface area contributed by atoms with Gasteiger partial charge in [-0.3, -0.25) is 14.4 Å². The number of aliphatic carboxylic acids is 1. The summed E-state index contributed by atoms with van der Waals surface area (Å²) in [7, 11) is 0. The number of ketones is 1. The Morgan fingerprint density at radius 1 is 0.489 bits per heavy atom. The number of carbonyl (C=O) groups excluding carboxylic acids is 3. The van der Waals surface area contributed by atoms with Gasteiger partial charge in [-0.25, -0.2) is 4.79 Å². The van der Waals surface area contributed by atoms with Crippen LogP contribution in [0.2, 0.25) is 0 Å². The smallest absolute Gasteiger partial charge is 0.335 e. The van der Waals surface area contributed by atoms with Crippen LogP contribution in [0.3, 0.4) is 0 Å². The van der Waals surface area contributed by atoms with Crippen LogP contribution in [0.1, 0.15) is 83.5 Å². The van der Waals surface area contributed by atoms with Crippen molar-refractivity contribution in [2.24, 2.45) is 23.7 Å². The van der Waals surface area contributed by atoms with E-state index in [4.69, 9.17) is 56.8 Å². The molecule has 35 heteroatoms. The summed E-state index contributed by atoms with van der Waals surface area (Å²) >= 11 is 0. The lowest BCUT2D eigenvalue weighted by molar-refractivity contribution is -0.375. The first-order valence-electron chi connectivity index (χ1n) is 31.5. The molecule has 92 heavy (non-hydrogen) atoms. The molecule has 4 saturated carbocycles. The fourth-order valence-corrected chi connectivity index (χ4v) is 15.0. The van der Waals surface area contributed by atoms with Gasteiger partial charge in [-0.2, -0.15) is 0 Å². The molecule has 35 atom stereocenters. The van der Waals surface area contributed by atoms with Gasteiger partial charge in [0.25, 0.3) is 0 Å². The molecule has 0 spiro atoms. The maximum absolute atomic E-state index is 14.9. The summed E-state index contributed by atoms with van der Waals surface area (Å²) in [4.78, 5) is 54.1. The van der Waals surface area contributed by atoms with Crippen LogP contribution in [-0.4, -0.2) is 347 Å². The molecule has 20 N–H and O–H groups in total. The molecule has 4 aliphatic carbocycles. The fraction of sp³-hybridized carbons (Fsp3) is 0.930. The Hall–Kier alpha value is -3.04. The van der Waals surface area contributed by atoms with Crippen LogP contribution in [0, 0.1) is 23.7 Å². The van der Waals surface area contributed by atoms with Crippen molar-refractivity contribution >= 4 is 23.7 Å². The first kappa shape index (κ1) is 71.7. The first-order chi connectivity index (χ1) is 43.7. The van der Waals surface area contributed by atoms with E-state index < -0.39 is 276 Å². The lowest BCUT2D eigenvalue weighted by atomic mass is 9.72. The van der Waals surface area contributed by atoms with Gasteiger partial charge >= 0.3 is 17.9 Å². The molecular weight excluding hydrogens is 1240 g/mol. The molecule has 0 bridgehead atoms. The number of Topliss-reactive ketones (excluding diaryl/α,β-unsaturated/α-hetero) is 1. The highest BCUT2D eigenvalue weighted by molar-refractivity contribution is 5.91. The number of ether oxygens (including phenoxy) is 12. The van der Waals surface area contributed by atoms with E-state index in [0.717, 1.165) is 0 Å². The van der Waals surface area contributed by atoms with Crippen molar-refractivity contribution in [3.05, 3.63) is 0 Å². The number of carboxylic acids is 1. The molecule has 0 aromatic rings. The second kappa shape index (κ2) is 30.4. The second-order valence-electron chi connectivity index (χ2n) is 26.2. The monoisotopic (exact) mass is 1330 g/mol. The number of aliphatic hydroxyl groups is 20. The Bertz CT molecular complexity index is 2460. The predicted octanol–water partition coefficient (Wildman–Crippen LogP) is -10.1. The highest BCUT2D eigenvalue weighted by Gasteiger charge is 2.60. The summed E-state index contributed by atoms with van der Waals surface area (Å²) in [5.41, 5.74) is 0. The number of hydrogen-bond donors (Lipinski definition) is 19. The average molecular weight is 1330 g/mol. The Balaban J connectivity index is 0.795. The number of carbonyl (C=O) groups is 4. The van der Waals surface area contributed by atoms with E-state index >= 15 is 0 Å². The zero-order valence-corrected chi connectivity index (χ0v) is 49.7. The third-order valence-corrected chi connectivity index (χ3v) is 20.1. The van der Waals surface area contributed by atoms with Gasteiger partial charge in [-0.1, -0.05) is 0 Å². The zero-order valence-electron chi connectivity index (χ0n) is 49.7. The van der Waals surface area contributed by atoms with Crippen LogP contribution in [0.4, 0.5) is 0 Å². The standard InChI is InChI=1S/C57H88O35/c58-14-30-36(68)40(72)46(78)55(86-30)92-52-42(74)37(69)31(15-59)87-57(52)90-49-39(71)35-26(65)10-21(11-28(35)84-48(49)17-1-4-19(60)5-2-17)82-56-51(44(76)43(75)50(91-56)53(79)80)89-34(67)13-33(66)81-16-32-38(70)41(73)45(77)54(88-32)85-29-12-22-24(63)8-20(61)9-27(22)83-47(29)18-3-6-23(62)25(64)7-18/h17-32,35-38,40-52,54-65,68-70,72-78H,1-16H2,(H,79,80)/p+1. The van der Waals surface area contributed by atoms with Crippen molar-refractivity contribution in [2.75, 3.05) is 19.8 Å². The summed E-state index contributed by atoms with van der Waals surface area (Å²) < 4.78 is 69.4. The van der Waals surface area contributed by atoms with Crippen molar-refractivity contribution in [3.8, 4) is 0 Å². The Kier molecular flexibility index (Phi) is 23.7. The third-order valence-electron chi connectivity index (χ3n) is 20.1. The molecule has 526 valence electrons. The first-order valence-corrected chi connectivity index (χ1v) is 31.5. The van der Waals surface area contributed by atoms with Crippen molar-refractivity contribution in [3.63, 3.8) is 0 Å². The number of esters is 2. The lowest BCUT2D eigenvalue weighted by Crippen LogP contribution is -2.67. The molecule has 6 saturated heterocycles. The van der Waals surface area contributed by atoms with E-state index in [1.165, 1.54) is 0 Å². The normalized spacial score (nSPS) is 51.0. The third kappa shape index (κ3) is 15.3. The molecule has 0 aromatic heterocycles. The summed E-state index contributed by atoms with van der Waals surface area (Å²) in [6.45, 7) is -2.67. The van der Waals surface area contributed by atoms with Crippen molar-refractivity contribution in [1.82, 2.24) is 0 Å². The zero-order chi connectivity index (χ0) is 66.5. The lowest BCUT2D eigenvalue weighted by Gasteiger charge is -2.51. The van der Waals surface area contributed by atoms with Crippen LogP contribution in [0.25, 0.3) is 0 Å². The van der Waals surface area contributed by atoms with Crippen LogP contribution < -0.4 is 0 Å². The molecule has 35 unspecified atom stereocenters. The van der Waals surface area contributed by atoms with Crippen LogP contribution in [0.15, 0.2) is 0 Å². The fourth-order valence-electron chi connectivity index (χ4n) is 15.0. The predicted molar refractivity (Wildman–Crippen MR) is 290 cm³/mol. The molecule has 10 rings (SSSR count). The number of aliphatic hydroxyl groups excluding tert-OH is 18. The topological polar surface area (TPSA) is 567 Å². The largest absolute Gasteiger partial charge is 0.479 e. The van der Waals surface area contributed by atoms with Crippen molar-refractivity contribution in [1.29, 1.82) is 0 Å². The van der Waals surface area contributed by atoms with Crippen LogP contribution >= 0.6 is 0 Å². The minimum Gasteiger partial charge on any atom is -0.479 e. The van der Waals surface area contributed by atoms with Gasteiger partial charge in [0.15, 0.2) is 55.4 Å². The minimum absolute atomic E-state index is 0.0645. The van der Waals surface area contributed by atoms with E-state index in [1.807, 2.05) is 0 Å². The highest BCUT2D eigenvalue weighted by atomic mass is 16.8. The number of rotatable bonds is 18. The number of carboxylic acid groups (broad SMARTS) is 1. The van der Waals surface area contributed by atoms with Crippen molar-refractivity contribution in [2.45, 2.75) is 286 Å². The van der Waals surface area contributed by atoms with E-state index in [2.05, 4.69) is 0 Å². The molecular formula is C57H89O35+. The van der Waals surface area contributed by atoms with Crippen LogP contribution in [-0.2, 0) is 71.3 Å². The molecule has 10 fully saturated rings. The number of fused-ring (bicyclic) bond motifs is 2. The maximum Gasteiger partial charge on any atom is 0.335 e. The summed E-state index contributed by atoms with van der Waals surface area (Å²) in [6.07, 6.45) is -52.8. The van der Waals surface area contributed by atoms with Gasteiger partial charge in [-0.15, -0.1) is 0 Å². The molecule has 35 nitrogen and oxygen atoms in total. The van der Waals surface area contributed by atoms with Crippen molar-refractivity contribution < 1.29 is 173 Å². The van der Waals surface area contributed by atoms with Gasteiger partial charge in [0, 0.05) is 31.6 Å². The highest BCUT2D eigenvalue weighted by Crippen LogP contribution is 2.46. The van der Waals surface area contributed by atoms with Crippen LogP contribution in [0.5, 0.6) is 0 Å². The average Bonchev–Trinajstić information content (AvgIpc) is 0.901. The van der Waals surface area contributed by atoms with E-state index in [0.29, 0.717) is 6.42 Å². The summed E-state index contributed by atoms with van der Waals surface area (Å²) in [6, 6.07) is 0. The molecule has 6 aliphatic heterocycles. The summed E-state index contributed by atoms with van der Waals surface area (Å²) in [5.74, 6) is -8.38. The Labute approximate surface area is 524 Å². The SMILES string of the molecule is O=C(CC(=O)OC1C(OC2CC(O)C3C(=O)C(OC4OC(CO)C(O)C(O)C4OC4OC(CO)C(O)C(O)C4O)C(C4CCC(O)CC4)OC3C2)OC(C(=O)O)C(O)C1O)OCC1OC(OC2CC3C(O)CC(O)CC3[OH+]C2C2CCC(O)C(O)C2)C(O)C(O)C1O.